The summed E-state index contributed by atoms with van der Waals surface area (Å²) in [5.41, 5.74) is 0.580. The maximum atomic E-state index is 13.2. The van der Waals surface area contributed by atoms with Crippen LogP contribution in [0.15, 0.2) is 42.6 Å². The second-order valence-corrected chi connectivity index (χ2v) is 5.71. The minimum Gasteiger partial charge on any atom is -0.481 e. The lowest BCUT2D eigenvalue weighted by atomic mass is 10.3. The number of hydrogen-bond donors (Lipinski definition) is 1. The topological polar surface area (TPSA) is 63.7 Å². The number of nitrogens with one attached hydrogen (secondary N) is 1. The van der Waals surface area contributed by atoms with Crippen LogP contribution in [-0.2, 0) is 9.53 Å². The summed E-state index contributed by atoms with van der Waals surface area (Å²) < 4.78 is 23.9. The Morgan fingerprint density at radius 3 is 2.80 bits per heavy atom. The molecule has 25 heavy (non-hydrogen) atoms. The molecular weight excluding hydrogens is 325 g/mol. The molecule has 132 valence electrons. The summed E-state index contributed by atoms with van der Waals surface area (Å²) in [6, 6.07) is 9.35. The summed E-state index contributed by atoms with van der Waals surface area (Å²) in [6.07, 6.45) is 0.846. The van der Waals surface area contributed by atoms with E-state index >= 15 is 0 Å². The Morgan fingerprint density at radius 2 is 2.12 bits per heavy atom. The average molecular weight is 345 g/mol. The molecule has 0 radical (unpaired) electrons. The minimum absolute atomic E-state index is 0.309. The Labute approximate surface area is 145 Å². The van der Waals surface area contributed by atoms with Crippen LogP contribution >= 0.6 is 0 Å². The van der Waals surface area contributed by atoms with Crippen molar-refractivity contribution >= 4 is 17.4 Å². The van der Waals surface area contributed by atoms with Crippen LogP contribution < -0.4 is 15.0 Å². The van der Waals surface area contributed by atoms with Crippen LogP contribution in [0, 0.1) is 5.82 Å². The first-order valence-corrected chi connectivity index (χ1v) is 8.13. The average Bonchev–Trinajstić information content (AvgIpc) is 2.63. The monoisotopic (exact) mass is 345 g/mol. The van der Waals surface area contributed by atoms with Crippen molar-refractivity contribution in [3.63, 3.8) is 0 Å². The fourth-order valence-electron chi connectivity index (χ4n) is 2.48. The van der Waals surface area contributed by atoms with Gasteiger partial charge in [0.25, 0.3) is 5.91 Å². The second kappa shape index (κ2) is 7.94. The number of morpholine rings is 1. The van der Waals surface area contributed by atoms with E-state index in [9.17, 15) is 9.18 Å². The molecule has 1 amide bonds. The van der Waals surface area contributed by atoms with Crippen molar-refractivity contribution in [2.45, 2.75) is 13.0 Å². The number of pyridine rings is 1. The molecule has 1 aliphatic rings. The Hall–Kier alpha value is -2.67. The zero-order valence-corrected chi connectivity index (χ0v) is 13.9. The van der Waals surface area contributed by atoms with Gasteiger partial charge >= 0.3 is 0 Å². The van der Waals surface area contributed by atoms with Gasteiger partial charge in [-0.15, -0.1) is 0 Å². The van der Waals surface area contributed by atoms with E-state index in [4.69, 9.17) is 9.47 Å². The summed E-state index contributed by atoms with van der Waals surface area (Å²) >= 11 is 0. The van der Waals surface area contributed by atoms with Crippen molar-refractivity contribution < 1.29 is 18.7 Å². The van der Waals surface area contributed by atoms with Crippen LogP contribution in [0.3, 0.4) is 0 Å². The van der Waals surface area contributed by atoms with E-state index < -0.39 is 11.9 Å². The summed E-state index contributed by atoms with van der Waals surface area (Å²) in [7, 11) is 0. The first-order valence-electron chi connectivity index (χ1n) is 8.13. The van der Waals surface area contributed by atoms with Gasteiger partial charge in [0.2, 0.25) is 0 Å². The van der Waals surface area contributed by atoms with Crippen molar-refractivity contribution in [3.8, 4) is 5.75 Å². The van der Waals surface area contributed by atoms with Crippen LogP contribution in [0.1, 0.15) is 6.92 Å². The van der Waals surface area contributed by atoms with Gasteiger partial charge in [-0.2, -0.15) is 0 Å². The van der Waals surface area contributed by atoms with E-state index in [1.54, 1.807) is 25.3 Å². The molecule has 0 aliphatic carbocycles. The maximum Gasteiger partial charge on any atom is 0.265 e. The van der Waals surface area contributed by atoms with Gasteiger partial charge in [0.1, 0.15) is 17.4 Å². The van der Waals surface area contributed by atoms with Crippen molar-refractivity contribution in [1.29, 1.82) is 0 Å². The molecule has 0 bridgehead atoms. The smallest absolute Gasteiger partial charge is 0.265 e. The number of ether oxygens (including phenoxy) is 2. The van der Waals surface area contributed by atoms with Crippen LogP contribution in [-0.4, -0.2) is 43.3 Å². The number of carbonyl (C=O) groups is 1. The van der Waals surface area contributed by atoms with Gasteiger partial charge in [-0.25, -0.2) is 9.37 Å². The number of hydrogen-bond acceptors (Lipinski definition) is 5. The lowest BCUT2D eigenvalue weighted by molar-refractivity contribution is -0.122. The number of halogens is 1. The predicted octanol–water partition coefficient (Wildman–Crippen LogP) is 2.46. The first-order chi connectivity index (χ1) is 12.1. The third-order valence-electron chi connectivity index (χ3n) is 3.83. The Bertz CT molecular complexity index is 718. The van der Waals surface area contributed by atoms with Crippen molar-refractivity contribution in [1.82, 2.24) is 4.98 Å². The molecule has 1 aromatic heterocycles. The Morgan fingerprint density at radius 1 is 1.32 bits per heavy atom. The van der Waals surface area contributed by atoms with Gasteiger partial charge in [-0.1, -0.05) is 6.07 Å². The molecule has 1 N–H and O–H groups in total. The summed E-state index contributed by atoms with van der Waals surface area (Å²) in [4.78, 5) is 18.7. The zero-order chi connectivity index (χ0) is 17.6. The van der Waals surface area contributed by atoms with Crippen molar-refractivity contribution in [2.75, 3.05) is 36.5 Å². The fraction of sp³-hybridized carbons (Fsp3) is 0.333. The molecule has 2 heterocycles. The second-order valence-electron chi connectivity index (χ2n) is 5.71. The molecular formula is C18H20FN3O3. The highest BCUT2D eigenvalue weighted by Gasteiger charge is 2.16. The number of amides is 1. The predicted molar refractivity (Wildman–Crippen MR) is 92.4 cm³/mol. The number of anilines is 2. The molecule has 6 nitrogen and oxygen atoms in total. The summed E-state index contributed by atoms with van der Waals surface area (Å²) in [6.45, 7) is 4.59. The summed E-state index contributed by atoms with van der Waals surface area (Å²) in [5.74, 6) is 0.423. The molecule has 1 fully saturated rings. The van der Waals surface area contributed by atoms with E-state index in [1.807, 2.05) is 6.07 Å². The SMILES string of the molecule is CC(Oc1cccc(F)c1)C(=O)Nc1ccc(N2CCOCC2)nc1. The highest BCUT2D eigenvalue weighted by Crippen LogP contribution is 2.17. The molecule has 2 aromatic rings. The van der Waals surface area contributed by atoms with Crippen LogP contribution in [0.4, 0.5) is 15.9 Å². The lowest BCUT2D eigenvalue weighted by Crippen LogP contribution is -2.36. The fourth-order valence-corrected chi connectivity index (χ4v) is 2.48. The van der Waals surface area contributed by atoms with E-state index in [1.165, 1.54) is 18.2 Å². The zero-order valence-electron chi connectivity index (χ0n) is 13.9. The third-order valence-corrected chi connectivity index (χ3v) is 3.83. The van der Waals surface area contributed by atoms with Gasteiger partial charge in [0.15, 0.2) is 6.10 Å². The molecule has 1 unspecified atom stereocenters. The maximum absolute atomic E-state index is 13.2. The Kier molecular flexibility index (Phi) is 5.45. The molecule has 0 spiro atoms. The molecule has 3 rings (SSSR count). The molecule has 0 saturated carbocycles. The molecule has 7 heteroatoms. The Balaban J connectivity index is 1.56. The van der Waals surface area contributed by atoms with Crippen LogP contribution in [0.5, 0.6) is 5.75 Å². The molecule has 1 aromatic carbocycles. The number of rotatable bonds is 5. The number of aromatic nitrogens is 1. The van der Waals surface area contributed by atoms with Gasteiger partial charge in [0, 0.05) is 19.2 Å². The van der Waals surface area contributed by atoms with E-state index in [0.29, 0.717) is 24.7 Å². The third kappa shape index (κ3) is 4.67. The minimum atomic E-state index is -0.763. The van der Waals surface area contributed by atoms with E-state index in [0.717, 1.165) is 18.9 Å². The number of carbonyl (C=O) groups excluding carboxylic acids is 1. The van der Waals surface area contributed by atoms with Crippen LogP contribution in [0.2, 0.25) is 0 Å². The van der Waals surface area contributed by atoms with Crippen molar-refractivity contribution in [2.24, 2.45) is 0 Å². The van der Waals surface area contributed by atoms with Gasteiger partial charge in [-0.3, -0.25) is 4.79 Å². The van der Waals surface area contributed by atoms with E-state index in [2.05, 4.69) is 15.2 Å². The van der Waals surface area contributed by atoms with Crippen molar-refractivity contribution in [3.05, 3.63) is 48.4 Å². The van der Waals surface area contributed by atoms with Gasteiger partial charge in [-0.05, 0) is 31.2 Å². The molecule has 1 saturated heterocycles. The molecule has 1 aliphatic heterocycles. The highest BCUT2D eigenvalue weighted by molar-refractivity contribution is 5.94. The first kappa shape index (κ1) is 17.2. The number of nitrogens with zero attached hydrogens (tertiary/aromatic N) is 2. The van der Waals surface area contributed by atoms with Gasteiger partial charge < -0.3 is 19.7 Å². The van der Waals surface area contributed by atoms with Crippen LogP contribution in [0.25, 0.3) is 0 Å². The summed E-state index contributed by atoms with van der Waals surface area (Å²) in [5, 5.41) is 2.74. The molecule has 1 atom stereocenters. The largest absolute Gasteiger partial charge is 0.481 e. The lowest BCUT2D eigenvalue weighted by Gasteiger charge is -2.27. The number of benzene rings is 1. The standard InChI is InChI=1S/C18H20FN3O3/c1-13(25-16-4-2-3-14(19)11-16)18(23)21-15-5-6-17(20-12-15)22-7-9-24-10-8-22/h2-6,11-13H,7-10H2,1H3,(H,21,23). The highest BCUT2D eigenvalue weighted by atomic mass is 19.1. The quantitative estimate of drug-likeness (QED) is 0.902. The van der Waals surface area contributed by atoms with Gasteiger partial charge in [0.05, 0.1) is 25.1 Å². The van der Waals surface area contributed by atoms with E-state index in [-0.39, 0.29) is 5.91 Å². The normalized spacial score (nSPS) is 15.5.